The molecule has 1 fully saturated rings. The first kappa shape index (κ1) is 15.1. The molecule has 1 aliphatic rings. The van der Waals surface area contributed by atoms with E-state index in [9.17, 15) is 4.79 Å². The van der Waals surface area contributed by atoms with Gasteiger partial charge in [-0.25, -0.2) is 14.3 Å². The maximum Gasteiger partial charge on any atom is 0.335 e. The summed E-state index contributed by atoms with van der Waals surface area (Å²) in [4.78, 5) is 16.2. The number of aromatic carboxylic acids is 1. The van der Waals surface area contributed by atoms with Crippen molar-refractivity contribution in [1.29, 1.82) is 0 Å². The highest BCUT2D eigenvalue weighted by atomic mass is 32.1. The highest BCUT2D eigenvalue weighted by Crippen LogP contribution is 2.27. The van der Waals surface area contributed by atoms with E-state index in [-0.39, 0.29) is 5.56 Å². The van der Waals surface area contributed by atoms with E-state index in [1.807, 2.05) is 0 Å². The Morgan fingerprint density at radius 2 is 2.04 bits per heavy atom. The monoisotopic (exact) mass is 344 g/mol. The zero-order valence-corrected chi connectivity index (χ0v) is 13.6. The summed E-state index contributed by atoms with van der Waals surface area (Å²) in [6.07, 6.45) is 3.71. The van der Waals surface area contributed by atoms with E-state index in [1.165, 1.54) is 11.3 Å². The summed E-state index contributed by atoms with van der Waals surface area (Å²) in [5.41, 5.74) is 1.99. The summed E-state index contributed by atoms with van der Waals surface area (Å²) in [5, 5.41) is 17.9. The number of imidazole rings is 1. The number of hydrogen-bond acceptors (Lipinski definition) is 6. The smallest absolute Gasteiger partial charge is 0.335 e. The molecule has 0 saturated carbocycles. The van der Waals surface area contributed by atoms with Gasteiger partial charge in [0.1, 0.15) is 0 Å². The molecular weight excluding hydrogens is 328 g/mol. The number of carboxylic acids is 1. The Kier molecular flexibility index (Phi) is 3.91. The van der Waals surface area contributed by atoms with Crippen LogP contribution < -0.4 is 5.32 Å². The molecular formula is C16H16N4O3S. The lowest BCUT2D eigenvalue weighted by Gasteiger charge is -2.22. The first-order chi connectivity index (χ1) is 11.7. The molecule has 2 aromatic heterocycles. The largest absolute Gasteiger partial charge is 0.478 e. The zero-order valence-electron chi connectivity index (χ0n) is 12.8. The fourth-order valence-corrected chi connectivity index (χ4v) is 3.60. The van der Waals surface area contributed by atoms with E-state index in [2.05, 4.69) is 15.4 Å². The molecule has 4 rings (SSSR count). The quantitative estimate of drug-likeness (QED) is 0.756. The Labute approximate surface area is 141 Å². The fourth-order valence-electron chi connectivity index (χ4n) is 2.75. The second-order valence-electron chi connectivity index (χ2n) is 5.66. The van der Waals surface area contributed by atoms with Gasteiger partial charge in [-0.1, -0.05) is 23.5 Å². The summed E-state index contributed by atoms with van der Waals surface area (Å²) in [6.45, 7) is 1.56. The van der Waals surface area contributed by atoms with E-state index < -0.39 is 5.97 Å². The molecule has 3 heterocycles. The Balaban J connectivity index is 1.60. The van der Waals surface area contributed by atoms with Crippen LogP contribution in [0, 0.1) is 0 Å². The molecule has 2 N–H and O–H groups in total. The molecule has 0 atom stereocenters. The second-order valence-corrected chi connectivity index (χ2v) is 6.61. The lowest BCUT2D eigenvalue weighted by Crippen LogP contribution is -2.27. The maximum absolute atomic E-state index is 11.0. The SMILES string of the molecule is O=C(O)c1ccc(-c2cnc3sc(NC4CCOCC4)nn23)cc1. The number of fused-ring (bicyclic) bond motifs is 1. The van der Waals surface area contributed by atoms with Crippen LogP contribution in [0.2, 0.25) is 0 Å². The lowest BCUT2D eigenvalue weighted by atomic mass is 10.1. The van der Waals surface area contributed by atoms with Crippen molar-refractivity contribution in [2.24, 2.45) is 0 Å². The summed E-state index contributed by atoms with van der Waals surface area (Å²) in [6, 6.07) is 7.11. The van der Waals surface area contributed by atoms with Crippen LogP contribution in [0.25, 0.3) is 16.2 Å². The van der Waals surface area contributed by atoms with Crippen molar-refractivity contribution in [3.63, 3.8) is 0 Å². The predicted molar refractivity (Wildman–Crippen MR) is 90.7 cm³/mol. The molecule has 7 nitrogen and oxygen atoms in total. The van der Waals surface area contributed by atoms with Crippen LogP contribution in [0.3, 0.4) is 0 Å². The number of nitrogens with one attached hydrogen (secondary N) is 1. The van der Waals surface area contributed by atoms with Gasteiger partial charge < -0.3 is 15.2 Å². The van der Waals surface area contributed by atoms with Crippen molar-refractivity contribution in [3.8, 4) is 11.3 Å². The minimum Gasteiger partial charge on any atom is -0.478 e. The average Bonchev–Trinajstić information content (AvgIpc) is 3.16. The second kappa shape index (κ2) is 6.21. The van der Waals surface area contributed by atoms with Gasteiger partial charge >= 0.3 is 5.97 Å². The third-order valence-electron chi connectivity index (χ3n) is 4.06. The summed E-state index contributed by atoms with van der Waals surface area (Å²) in [7, 11) is 0. The van der Waals surface area contributed by atoms with Crippen molar-refractivity contribution in [3.05, 3.63) is 36.0 Å². The molecule has 1 saturated heterocycles. The van der Waals surface area contributed by atoms with E-state index in [1.54, 1.807) is 35.0 Å². The van der Waals surface area contributed by atoms with Crippen LogP contribution in [0.5, 0.6) is 0 Å². The van der Waals surface area contributed by atoms with Gasteiger partial charge in [0.25, 0.3) is 0 Å². The molecule has 0 bridgehead atoms. The molecule has 0 spiro atoms. The number of ether oxygens (including phenoxy) is 1. The highest BCUT2D eigenvalue weighted by Gasteiger charge is 2.17. The van der Waals surface area contributed by atoms with Gasteiger partial charge in [0.05, 0.1) is 17.5 Å². The van der Waals surface area contributed by atoms with Crippen LogP contribution in [0.4, 0.5) is 5.13 Å². The number of carbonyl (C=O) groups is 1. The van der Waals surface area contributed by atoms with Gasteiger partial charge in [0.15, 0.2) is 0 Å². The molecule has 1 aromatic carbocycles. The number of carboxylic acid groups (broad SMARTS) is 1. The Bertz CT molecular complexity index is 865. The lowest BCUT2D eigenvalue weighted by molar-refractivity contribution is 0.0697. The molecule has 1 aliphatic heterocycles. The van der Waals surface area contributed by atoms with Gasteiger partial charge in [-0.15, -0.1) is 5.10 Å². The molecule has 24 heavy (non-hydrogen) atoms. The van der Waals surface area contributed by atoms with Crippen molar-refractivity contribution < 1.29 is 14.6 Å². The van der Waals surface area contributed by atoms with Gasteiger partial charge in [-0.3, -0.25) is 0 Å². The summed E-state index contributed by atoms with van der Waals surface area (Å²) in [5.74, 6) is -0.934. The molecule has 0 amide bonds. The number of nitrogens with zero attached hydrogens (tertiary/aromatic N) is 3. The molecule has 0 unspecified atom stereocenters. The first-order valence-corrected chi connectivity index (χ1v) is 8.55. The normalized spacial score (nSPS) is 15.7. The number of benzene rings is 1. The highest BCUT2D eigenvalue weighted by molar-refractivity contribution is 7.20. The zero-order chi connectivity index (χ0) is 16.5. The van der Waals surface area contributed by atoms with Gasteiger partial charge in [0, 0.05) is 24.8 Å². The van der Waals surface area contributed by atoms with E-state index in [4.69, 9.17) is 9.84 Å². The van der Waals surface area contributed by atoms with Gasteiger partial charge in [-0.05, 0) is 25.0 Å². The predicted octanol–water partition coefficient (Wildman–Crippen LogP) is 2.75. The van der Waals surface area contributed by atoms with E-state index >= 15 is 0 Å². The standard InChI is InChI=1S/C16H16N4O3S/c21-14(22)11-3-1-10(2-4-11)13-9-17-16-20(13)19-15(24-16)18-12-5-7-23-8-6-12/h1-4,9,12H,5-8H2,(H,18,19)(H,21,22). The van der Waals surface area contributed by atoms with Crippen LogP contribution in [-0.4, -0.2) is 44.9 Å². The van der Waals surface area contributed by atoms with Crippen molar-refractivity contribution in [2.75, 3.05) is 18.5 Å². The first-order valence-electron chi connectivity index (χ1n) is 7.73. The Morgan fingerprint density at radius 1 is 1.29 bits per heavy atom. The van der Waals surface area contributed by atoms with Gasteiger partial charge in [-0.2, -0.15) is 0 Å². The number of aromatic nitrogens is 3. The minimum absolute atomic E-state index is 0.264. The van der Waals surface area contributed by atoms with Crippen molar-refractivity contribution in [1.82, 2.24) is 14.6 Å². The van der Waals surface area contributed by atoms with Gasteiger partial charge in [0.2, 0.25) is 10.1 Å². The van der Waals surface area contributed by atoms with Crippen LogP contribution >= 0.6 is 11.3 Å². The topological polar surface area (TPSA) is 88.8 Å². The molecule has 124 valence electrons. The van der Waals surface area contributed by atoms with E-state index in [0.29, 0.717) is 6.04 Å². The average molecular weight is 344 g/mol. The summed E-state index contributed by atoms with van der Waals surface area (Å²) < 4.78 is 7.16. The third kappa shape index (κ3) is 2.85. The maximum atomic E-state index is 11.0. The Hall–Kier alpha value is -2.45. The van der Waals surface area contributed by atoms with Crippen LogP contribution in [0.1, 0.15) is 23.2 Å². The molecule has 0 aliphatic carbocycles. The third-order valence-corrected chi connectivity index (χ3v) is 4.92. The number of anilines is 1. The molecule has 0 radical (unpaired) electrons. The van der Waals surface area contributed by atoms with Crippen LogP contribution in [-0.2, 0) is 4.74 Å². The molecule has 8 heteroatoms. The van der Waals surface area contributed by atoms with E-state index in [0.717, 1.165) is 47.4 Å². The fraction of sp³-hybridized carbons (Fsp3) is 0.312. The number of hydrogen-bond donors (Lipinski definition) is 2. The van der Waals surface area contributed by atoms with Crippen LogP contribution in [0.15, 0.2) is 30.5 Å². The minimum atomic E-state index is -0.934. The number of rotatable bonds is 4. The summed E-state index contributed by atoms with van der Waals surface area (Å²) >= 11 is 1.51. The van der Waals surface area contributed by atoms with Crippen molar-refractivity contribution >= 4 is 27.4 Å². The Morgan fingerprint density at radius 3 is 2.75 bits per heavy atom. The van der Waals surface area contributed by atoms with Crippen molar-refractivity contribution in [2.45, 2.75) is 18.9 Å². The molecule has 3 aromatic rings.